The molecule has 0 aliphatic carbocycles. The number of likely N-dealkylation sites (tertiary alicyclic amines) is 1. The lowest BCUT2D eigenvalue weighted by atomic mass is 10.1. The van der Waals surface area contributed by atoms with Gasteiger partial charge in [0.05, 0.1) is 11.6 Å². The summed E-state index contributed by atoms with van der Waals surface area (Å²) in [4.78, 5) is 26.8. The first-order valence-corrected chi connectivity index (χ1v) is 8.78. The summed E-state index contributed by atoms with van der Waals surface area (Å²) in [7, 11) is 1.98. The number of aromatic nitrogens is 1. The van der Waals surface area contributed by atoms with E-state index < -0.39 is 0 Å². The van der Waals surface area contributed by atoms with Crippen LogP contribution in [0.4, 0.5) is 5.69 Å². The number of carbonyl (C=O) groups excluding carboxylic acids is 2. The van der Waals surface area contributed by atoms with Crippen molar-refractivity contribution in [3.63, 3.8) is 0 Å². The van der Waals surface area contributed by atoms with Crippen LogP contribution in [0.15, 0.2) is 60.8 Å². The number of hydrogen-bond acceptors (Lipinski definition) is 2. The average molecular weight is 347 g/mol. The third kappa shape index (κ3) is 3.08. The Morgan fingerprint density at radius 1 is 1.12 bits per heavy atom. The van der Waals surface area contributed by atoms with Crippen LogP contribution in [0.3, 0.4) is 0 Å². The minimum Gasteiger partial charge on any atom is -0.350 e. The molecule has 0 spiro atoms. The highest BCUT2D eigenvalue weighted by molar-refractivity contribution is 6.03. The second-order valence-corrected chi connectivity index (χ2v) is 6.82. The molecule has 1 saturated heterocycles. The minimum absolute atomic E-state index is 0.0342. The maximum Gasteiger partial charge on any atom is 0.229 e. The van der Waals surface area contributed by atoms with E-state index in [1.807, 2.05) is 72.4 Å². The molecule has 2 amide bonds. The first-order valence-electron chi connectivity index (χ1n) is 8.78. The van der Waals surface area contributed by atoms with Gasteiger partial charge in [-0.05, 0) is 23.8 Å². The highest BCUT2D eigenvalue weighted by Crippen LogP contribution is 2.26. The lowest BCUT2D eigenvalue weighted by Gasteiger charge is -2.17. The maximum absolute atomic E-state index is 12.7. The number of aryl methyl sites for hydroxylation is 1. The Labute approximate surface area is 152 Å². The average Bonchev–Trinajstić information content (AvgIpc) is 3.20. The van der Waals surface area contributed by atoms with Gasteiger partial charge in [0, 0.05) is 43.7 Å². The van der Waals surface area contributed by atoms with E-state index in [4.69, 9.17) is 0 Å². The van der Waals surface area contributed by atoms with Crippen molar-refractivity contribution >= 4 is 28.4 Å². The fourth-order valence-electron chi connectivity index (χ4n) is 3.55. The summed E-state index contributed by atoms with van der Waals surface area (Å²) in [5, 5.41) is 4.02. The van der Waals surface area contributed by atoms with Crippen molar-refractivity contribution in [1.82, 2.24) is 9.47 Å². The van der Waals surface area contributed by atoms with Gasteiger partial charge in [-0.2, -0.15) is 0 Å². The van der Waals surface area contributed by atoms with Crippen molar-refractivity contribution in [2.24, 2.45) is 13.0 Å². The van der Waals surface area contributed by atoms with E-state index in [0.717, 1.165) is 22.2 Å². The van der Waals surface area contributed by atoms with Gasteiger partial charge in [-0.25, -0.2) is 0 Å². The fourth-order valence-corrected chi connectivity index (χ4v) is 3.55. The topological polar surface area (TPSA) is 54.3 Å². The Morgan fingerprint density at radius 3 is 2.73 bits per heavy atom. The van der Waals surface area contributed by atoms with Gasteiger partial charge in [-0.3, -0.25) is 9.59 Å². The van der Waals surface area contributed by atoms with E-state index >= 15 is 0 Å². The van der Waals surface area contributed by atoms with Crippen LogP contribution in [0.1, 0.15) is 12.0 Å². The molecule has 0 bridgehead atoms. The van der Waals surface area contributed by atoms with Crippen LogP contribution in [0.25, 0.3) is 10.9 Å². The Balaban J connectivity index is 1.46. The van der Waals surface area contributed by atoms with Gasteiger partial charge in [0.2, 0.25) is 11.8 Å². The van der Waals surface area contributed by atoms with E-state index in [9.17, 15) is 9.59 Å². The number of amides is 2. The molecule has 26 heavy (non-hydrogen) atoms. The van der Waals surface area contributed by atoms with Crippen LogP contribution < -0.4 is 5.32 Å². The van der Waals surface area contributed by atoms with Crippen molar-refractivity contribution in [3.05, 3.63) is 66.4 Å². The second kappa shape index (κ2) is 6.67. The normalized spacial score (nSPS) is 17.0. The van der Waals surface area contributed by atoms with Gasteiger partial charge in [0.15, 0.2) is 0 Å². The zero-order chi connectivity index (χ0) is 18.1. The van der Waals surface area contributed by atoms with Gasteiger partial charge in [0.1, 0.15) is 0 Å². The first-order chi connectivity index (χ1) is 12.6. The quantitative estimate of drug-likeness (QED) is 0.788. The largest absolute Gasteiger partial charge is 0.350 e. The van der Waals surface area contributed by atoms with Crippen molar-refractivity contribution in [2.75, 3.05) is 11.9 Å². The summed E-state index contributed by atoms with van der Waals surface area (Å²) in [6.07, 6.45) is 2.24. The predicted octanol–water partition coefficient (Wildman–Crippen LogP) is 3.17. The molecule has 1 aliphatic rings. The molecule has 2 heterocycles. The van der Waals surface area contributed by atoms with Crippen LogP contribution >= 0.6 is 0 Å². The molecule has 0 saturated carbocycles. The third-order valence-corrected chi connectivity index (χ3v) is 4.99. The van der Waals surface area contributed by atoms with Crippen molar-refractivity contribution in [1.29, 1.82) is 0 Å². The Morgan fingerprint density at radius 2 is 1.92 bits per heavy atom. The summed E-state index contributed by atoms with van der Waals surface area (Å²) in [6.45, 7) is 1.02. The molecule has 1 fully saturated rings. The summed E-state index contributed by atoms with van der Waals surface area (Å²) < 4.78 is 2.02. The molecule has 5 nitrogen and oxygen atoms in total. The van der Waals surface area contributed by atoms with E-state index in [2.05, 4.69) is 5.32 Å². The van der Waals surface area contributed by atoms with Crippen molar-refractivity contribution in [3.8, 4) is 0 Å². The minimum atomic E-state index is -0.315. The van der Waals surface area contributed by atoms with Crippen LogP contribution in [0.5, 0.6) is 0 Å². The van der Waals surface area contributed by atoms with E-state index in [1.165, 1.54) is 0 Å². The van der Waals surface area contributed by atoms with Gasteiger partial charge in [0.25, 0.3) is 0 Å². The predicted molar refractivity (Wildman–Crippen MR) is 102 cm³/mol. The zero-order valence-electron chi connectivity index (χ0n) is 14.7. The zero-order valence-corrected chi connectivity index (χ0v) is 14.7. The van der Waals surface area contributed by atoms with Crippen LogP contribution in [0, 0.1) is 5.92 Å². The molecular formula is C21H21N3O2. The molecule has 1 atom stereocenters. The molecule has 5 heteroatoms. The van der Waals surface area contributed by atoms with Crippen LogP contribution in [-0.4, -0.2) is 27.8 Å². The highest BCUT2D eigenvalue weighted by Gasteiger charge is 2.34. The Hall–Kier alpha value is -3.08. The summed E-state index contributed by atoms with van der Waals surface area (Å²) >= 11 is 0. The number of rotatable bonds is 4. The third-order valence-electron chi connectivity index (χ3n) is 4.99. The first kappa shape index (κ1) is 16.4. The van der Waals surface area contributed by atoms with Gasteiger partial charge < -0.3 is 14.8 Å². The fraction of sp³-hybridized carbons (Fsp3) is 0.238. The second-order valence-electron chi connectivity index (χ2n) is 6.82. The molecule has 1 aliphatic heterocycles. The van der Waals surface area contributed by atoms with E-state index in [0.29, 0.717) is 13.1 Å². The number of hydrogen-bond donors (Lipinski definition) is 1. The standard InChI is InChI=1S/C21H21N3O2/c1-23-11-10-17-18(8-5-9-19(17)23)22-21(26)16-12-20(25)24(14-16)13-15-6-3-2-4-7-15/h2-11,16H,12-14H2,1H3,(H,22,26). The Bertz CT molecular complexity index is 962. The van der Waals surface area contributed by atoms with E-state index in [1.54, 1.807) is 4.90 Å². The highest BCUT2D eigenvalue weighted by atomic mass is 16.2. The van der Waals surface area contributed by atoms with Crippen molar-refractivity contribution in [2.45, 2.75) is 13.0 Å². The molecular weight excluding hydrogens is 326 g/mol. The van der Waals surface area contributed by atoms with Crippen molar-refractivity contribution < 1.29 is 9.59 Å². The maximum atomic E-state index is 12.7. The molecule has 0 radical (unpaired) electrons. The Kier molecular flexibility index (Phi) is 4.21. The van der Waals surface area contributed by atoms with Gasteiger partial charge in [-0.15, -0.1) is 0 Å². The van der Waals surface area contributed by atoms with Gasteiger partial charge in [-0.1, -0.05) is 36.4 Å². The molecule has 1 N–H and O–H groups in total. The smallest absolute Gasteiger partial charge is 0.229 e. The number of nitrogens with one attached hydrogen (secondary N) is 1. The summed E-state index contributed by atoms with van der Waals surface area (Å²) in [6, 6.07) is 17.7. The van der Waals surface area contributed by atoms with Gasteiger partial charge >= 0.3 is 0 Å². The molecule has 3 aromatic rings. The monoisotopic (exact) mass is 347 g/mol. The number of anilines is 1. The molecule has 1 aromatic heterocycles. The molecule has 1 unspecified atom stereocenters. The number of benzene rings is 2. The molecule has 4 rings (SSSR count). The lowest BCUT2D eigenvalue weighted by Crippen LogP contribution is -2.28. The lowest BCUT2D eigenvalue weighted by molar-refractivity contribution is -0.128. The summed E-state index contributed by atoms with van der Waals surface area (Å²) in [5.74, 6) is -0.373. The van der Waals surface area contributed by atoms with E-state index in [-0.39, 0.29) is 24.2 Å². The number of carbonyl (C=O) groups is 2. The van der Waals surface area contributed by atoms with Crippen LogP contribution in [0.2, 0.25) is 0 Å². The molecule has 2 aromatic carbocycles. The summed E-state index contributed by atoms with van der Waals surface area (Å²) in [5.41, 5.74) is 2.94. The number of fused-ring (bicyclic) bond motifs is 1. The number of nitrogens with zero attached hydrogens (tertiary/aromatic N) is 2. The SMILES string of the molecule is Cn1ccc2c(NC(=O)C3CC(=O)N(Cc4ccccc4)C3)cccc21. The molecule has 132 valence electrons. The van der Waals surface area contributed by atoms with Crippen LogP contribution in [-0.2, 0) is 23.2 Å².